The Morgan fingerprint density at radius 2 is 2.06 bits per heavy atom. The normalized spacial score (nSPS) is 12.2. The van der Waals surface area contributed by atoms with Crippen molar-refractivity contribution < 1.29 is 23.8 Å². The maximum atomic E-state index is 13.3. The maximum Gasteiger partial charge on any atom is 0.309 e. The van der Waals surface area contributed by atoms with Crippen molar-refractivity contribution in [2.75, 3.05) is 6.61 Å². The summed E-state index contributed by atoms with van der Waals surface area (Å²) in [5.41, 5.74) is 0.273. The lowest BCUT2D eigenvalue weighted by Gasteiger charge is -2.12. The van der Waals surface area contributed by atoms with Gasteiger partial charge >= 0.3 is 5.97 Å². The molecule has 1 aromatic rings. The summed E-state index contributed by atoms with van der Waals surface area (Å²) in [5, 5.41) is 17.6. The number of carboxylic acids is 1. The van der Waals surface area contributed by atoms with Gasteiger partial charge < -0.3 is 10.2 Å². The van der Waals surface area contributed by atoms with E-state index in [9.17, 15) is 13.6 Å². The second-order valence-electron chi connectivity index (χ2n) is 3.65. The van der Waals surface area contributed by atoms with Crippen molar-refractivity contribution in [2.24, 2.45) is 5.92 Å². The first-order chi connectivity index (χ1) is 7.95. The van der Waals surface area contributed by atoms with Crippen LogP contribution in [-0.4, -0.2) is 22.8 Å². The number of rotatable bonds is 5. The molecule has 0 aliphatic carbocycles. The number of aliphatic hydroxyl groups excluding tert-OH is 1. The first-order valence-corrected chi connectivity index (χ1v) is 4.92. The number of aliphatic hydroxyl groups is 1. The number of hydrogen-bond donors (Lipinski definition) is 2. The molecule has 1 rings (SSSR count). The van der Waals surface area contributed by atoms with Gasteiger partial charge in [0.1, 0.15) is 11.6 Å². The van der Waals surface area contributed by atoms with Gasteiger partial charge in [0.15, 0.2) is 0 Å². The Labute approximate surface area is 97.0 Å². The van der Waals surface area contributed by atoms with Crippen molar-refractivity contribution in [3.8, 4) is 0 Å². The number of allylic oxidation sites excluding steroid dienone is 1. The highest BCUT2D eigenvalue weighted by molar-refractivity contribution is 5.74. The highest BCUT2D eigenvalue weighted by Crippen LogP contribution is 2.24. The molecule has 0 spiro atoms. The van der Waals surface area contributed by atoms with Gasteiger partial charge in [-0.2, -0.15) is 0 Å². The van der Waals surface area contributed by atoms with E-state index < -0.39 is 30.1 Å². The summed E-state index contributed by atoms with van der Waals surface area (Å²) in [7, 11) is 0. The summed E-state index contributed by atoms with van der Waals surface area (Å²) in [4.78, 5) is 10.7. The smallest absolute Gasteiger partial charge is 0.309 e. The summed E-state index contributed by atoms with van der Waals surface area (Å²) in [6.45, 7) is 2.99. The molecule has 0 aliphatic heterocycles. The van der Waals surface area contributed by atoms with Gasteiger partial charge in [-0.15, -0.1) is 0 Å². The fraction of sp³-hybridized carbons (Fsp3) is 0.250. The molecular formula is C12H12F2O3. The van der Waals surface area contributed by atoms with Crippen LogP contribution in [0.25, 0.3) is 5.57 Å². The minimum absolute atomic E-state index is 0.0612. The van der Waals surface area contributed by atoms with E-state index in [0.29, 0.717) is 6.07 Å². The Morgan fingerprint density at radius 3 is 2.53 bits per heavy atom. The molecule has 0 saturated heterocycles. The highest BCUT2D eigenvalue weighted by atomic mass is 19.1. The predicted molar refractivity (Wildman–Crippen MR) is 58.2 cm³/mol. The number of halogens is 2. The lowest BCUT2D eigenvalue weighted by Crippen LogP contribution is -2.18. The zero-order chi connectivity index (χ0) is 13.0. The third-order valence-corrected chi connectivity index (χ3v) is 2.37. The standard InChI is InChI=1S/C12H12F2O3/c1-7(4-8(6-15)12(16)17)10-3-2-9(13)5-11(10)14/h2-3,5,8,15H,1,4,6H2,(H,16,17). The summed E-state index contributed by atoms with van der Waals surface area (Å²) in [6, 6.07) is 2.97. The van der Waals surface area contributed by atoms with Crippen LogP contribution in [0.4, 0.5) is 8.78 Å². The van der Waals surface area contributed by atoms with E-state index in [1.807, 2.05) is 0 Å². The van der Waals surface area contributed by atoms with E-state index in [-0.39, 0.29) is 17.6 Å². The molecule has 92 valence electrons. The van der Waals surface area contributed by atoms with E-state index in [4.69, 9.17) is 10.2 Å². The number of benzene rings is 1. The SMILES string of the molecule is C=C(CC(CO)C(=O)O)c1ccc(F)cc1F. The average Bonchev–Trinajstić information content (AvgIpc) is 2.24. The largest absolute Gasteiger partial charge is 0.481 e. The minimum atomic E-state index is -1.18. The van der Waals surface area contributed by atoms with Crippen LogP contribution in [0, 0.1) is 17.6 Å². The highest BCUT2D eigenvalue weighted by Gasteiger charge is 2.19. The number of hydrogen-bond acceptors (Lipinski definition) is 2. The maximum absolute atomic E-state index is 13.3. The summed E-state index contributed by atoms with van der Waals surface area (Å²) in [5.74, 6) is -3.73. The van der Waals surface area contributed by atoms with Gasteiger partial charge in [-0.25, -0.2) is 8.78 Å². The lowest BCUT2D eigenvalue weighted by molar-refractivity contribution is -0.142. The Morgan fingerprint density at radius 1 is 1.41 bits per heavy atom. The molecule has 5 heteroatoms. The molecule has 0 aliphatic rings. The van der Waals surface area contributed by atoms with Gasteiger partial charge in [0.05, 0.1) is 12.5 Å². The lowest BCUT2D eigenvalue weighted by atomic mass is 9.95. The topological polar surface area (TPSA) is 57.5 Å². The van der Waals surface area contributed by atoms with Gasteiger partial charge in [-0.1, -0.05) is 6.58 Å². The monoisotopic (exact) mass is 242 g/mol. The Kier molecular flexibility index (Phi) is 4.34. The van der Waals surface area contributed by atoms with Crippen LogP contribution in [0.1, 0.15) is 12.0 Å². The molecule has 17 heavy (non-hydrogen) atoms. The third kappa shape index (κ3) is 3.35. The number of carboxylic acid groups (broad SMARTS) is 1. The van der Waals surface area contributed by atoms with Crippen LogP contribution < -0.4 is 0 Å². The Bertz CT molecular complexity index is 443. The second-order valence-corrected chi connectivity index (χ2v) is 3.65. The van der Waals surface area contributed by atoms with Crippen molar-refractivity contribution in [3.63, 3.8) is 0 Å². The predicted octanol–water partition coefficient (Wildman–Crippen LogP) is 2.06. The van der Waals surface area contributed by atoms with Crippen LogP contribution in [0.3, 0.4) is 0 Å². The van der Waals surface area contributed by atoms with Crippen molar-refractivity contribution in [3.05, 3.63) is 42.0 Å². The molecule has 0 aromatic heterocycles. The minimum Gasteiger partial charge on any atom is -0.481 e. The molecule has 3 nitrogen and oxygen atoms in total. The Balaban J connectivity index is 2.86. The Hall–Kier alpha value is -1.75. The van der Waals surface area contributed by atoms with Gasteiger partial charge in [0.25, 0.3) is 0 Å². The van der Waals surface area contributed by atoms with E-state index in [1.54, 1.807) is 0 Å². The summed E-state index contributed by atoms with van der Waals surface area (Å²) < 4.78 is 26.0. The fourth-order valence-corrected chi connectivity index (χ4v) is 1.41. The van der Waals surface area contributed by atoms with Crippen LogP contribution in [0.15, 0.2) is 24.8 Å². The fourth-order valence-electron chi connectivity index (χ4n) is 1.41. The molecule has 0 saturated carbocycles. The molecule has 0 radical (unpaired) electrons. The van der Waals surface area contributed by atoms with Crippen LogP contribution >= 0.6 is 0 Å². The van der Waals surface area contributed by atoms with E-state index in [2.05, 4.69) is 6.58 Å². The summed E-state index contributed by atoms with van der Waals surface area (Å²) >= 11 is 0. The van der Waals surface area contributed by atoms with Crippen LogP contribution in [0.5, 0.6) is 0 Å². The van der Waals surface area contributed by atoms with Crippen molar-refractivity contribution >= 4 is 11.5 Å². The molecule has 1 aromatic carbocycles. The number of aliphatic carboxylic acids is 1. The molecule has 2 N–H and O–H groups in total. The van der Waals surface area contributed by atoms with E-state index in [0.717, 1.165) is 6.07 Å². The van der Waals surface area contributed by atoms with Crippen molar-refractivity contribution in [2.45, 2.75) is 6.42 Å². The zero-order valence-electron chi connectivity index (χ0n) is 8.99. The first kappa shape index (κ1) is 13.3. The van der Waals surface area contributed by atoms with Gasteiger partial charge in [-0.05, 0) is 24.1 Å². The van der Waals surface area contributed by atoms with E-state index >= 15 is 0 Å². The molecular weight excluding hydrogens is 230 g/mol. The van der Waals surface area contributed by atoms with Gasteiger partial charge in [-0.3, -0.25) is 4.79 Å². The van der Waals surface area contributed by atoms with Gasteiger partial charge in [0.2, 0.25) is 0 Å². The third-order valence-electron chi connectivity index (χ3n) is 2.37. The van der Waals surface area contributed by atoms with E-state index in [1.165, 1.54) is 6.07 Å². The summed E-state index contributed by atoms with van der Waals surface area (Å²) in [6.07, 6.45) is -0.0889. The second kappa shape index (κ2) is 5.54. The van der Waals surface area contributed by atoms with Crippen molar-refractivity contribution in [1.29, 1.82) is 0 Å². The molecule has 0 heterocycles. The molecule has 0 bridgehead atoms. The van der Waals surface area contributed by atoms with Crippen LogP contribution in [0.2, 0.25) is 0 Å². The molecule has 1 atom stereocenters. The van der Waals surface area contributed by atoms with Crippen LogP contribution in [-0.2, 0) is 4.79 Å². The van der Waals surface area contributed by atoms with Gasteiger partial charge in [0, 0.05) is 11.6 Å². The quantitative estimate of drug-likeness (QED) is 0.830. The molecule has 0 amide bonds. The number of carbonyl (C=O) groups is 1. The average molecular weight is 242 g/mol. The molecule has 0 fully saturated rings. The molecule has 1 unspecified atom stereocenters. The van der Waals surface area contributed by atoms with Crippen molar-refractivity contribution in [1.82, 2.24) is 0 Å². The first-order valence-electron chi connectivity index (χ1n) is 4.92. The zero-order valence-corrected chi connectivity index (χ0v) is 8.99.